The Morgan fingerprint density at radius 2 is 2.08 bits per heavy atom. The van der Waals surface area contributed by atoms with Crippen molar-refractivity contribution >= 4 is 28.6 Å². The first-order valence-electron chi connectivity index (χ1n) is 3.74. The lowest BCUT2D eigenvalue weighted by atomic mass is 10.2. The van der Waals surface area contributed by atoms with Gasteiger partial charge in [0.25, 0.3) is 0 Å². The first-order chi connectivity index (χ1) is 5.90. The fourth-order valence-corrected chi connectivity index (χ4v) is 1.39. The number of rotatable bonds is 1. The summed E-state index contributed by atoms with van der Waals surface area (Å²) in [5.41, 5.74) is 3.68. The van der Waals surface area contributed by atoms with Crippen LogP contribution in [0.25, 0.3) is 17.0 Å². The minimum absolute atomic E-state index is 1.03. The van der Waals surface area contributed by atoms with Gasteiger partial charge >= 0.3 is 0 Å². The Hall–Kier alpha value is -1.21. The van der Waals surface area contributed by atoms with E-state index in [2.05, 4.69) is 17.1 Å². The Morgan fingerprint density at radius 1 is 1.25 bits per heavy atom. The number of hydrogen-bond acceptors (Lipinski definition) is 0. The van der Waals surface area contributed by atoms with Crippen LogP contribution in [0.5, 0.6) is 0 Å². The quantitative estimate of drug-likeness (QED) is 0.688. The summed E-state index contributed by atoms with van der Waals surface area (Å²) in [4.78, 5) is 3.23. The van der Waals surface area contributed by atoms with Gasteiger partial charge in [0.05, 0.1) is 0 Å². The number of aromatic amines is 1. The van der Waals surface area contributed by atoms with E-state index < -0.39 is 0 Å². The average molecular weight is 178 g/mol. The summed E-state index contributed by atoms with van der Waals surface area (Å²) in [5, 5.41) is 1.21. The molecule has 1 aromatic carbocycles. The highest BCUT2D eigenvalue weighted by Crippen LogP contribution is 2.15. The number of para-hydroxylation sites is 1. The van der Waals surface area contributed by atoms with E-state index in [1.54, 1.807) is 0 Å². The molecule has 60 valence electrons. The van der Waals surface area contributed by atoms with Crippen molar-refractivity contribution in [1.82, 2.24) is 4.98 Å². The fraction of sp³-hybridized carbons (Fsp3) is 0. The Morgan fingerprint density at radius 3 is 2.83 bits per heavy atom. The van der Waals surface area contributed by atoms with Crippen LogP contribution < -0.4 is 0 Å². The molecule has 0 bridgehead atoms. The maximum absolute atomic E-state index is 5.46. The van der Waals surface area contributed by atoms with Gasteiger partial charge in [0.1, 0.15) is 0 Å². The highest BCUT2D eigenvalue weighted by molar-refractivity contribution is 6.27. The number of nitrogens with one attached hydrogen (secondary N) is 1. The third-order valence-electron chi connectivity index (χ3n) is 1.79. The number of halogens is 1. The van der Waals surface area contributed by atoms with Crippen molar-refractivity contribution < 1.29 is 0 Å². The number of benzene rings is 1. The van der Waals surface area contributed by atoms with Crippen molar-refractivity contribution in [3.8, 4) is 0 Å². The van der Waals surface area contributed by atoms with Gasteiger partial charge in [0.2, 0.25) is 0 Å². The van der Waals surface area contributed by atoms with E-state index in [0.717, 1.165) is 11.2 Å². The average Bonchev–Trinajstić information content (AvgIpc) is 2.47. The molecule has 0 aliphatic rings. The summed E-state index contributed by atoms with van der Waals surface area (Å²) in [6, 6.07) is 10.2. The molecule has 0 atom stereocenters. The van der Waals surface area contributed by atoms with Crippen molar-refractivity contribution in [2.24, 2.45) is 0 Å². The van der Waals surface area contributed by atoms with E-state index >= 15 is 0 Å². The van der Waals surface area contributed by atoms with Gasteiger partial charge in [-0.2, -0.15) is 0 Å². The molecule has 12 heavy (non-hydrogen) atoms. The maximum Gasteiger partial charge on any atom is 0.0458 e. The van der Waals surface area contributed by atoms with E-state index in [1.165, 1.54) is 10.9 Å². The van der Waals surface area contributed by atoms with Gasteiger partial charge in [-0.1, -0.05) is 29.8 Å². The lowest BCUT2D eigenvalue weighted by molar-refractivity contribution is 1.43. The third kappa shape index (κ3) is 1.23. The second kappa shape index (κ2) is 3.03. The number of H-pyrrole nitrogens is 1. The van der Waals surface area contributed by atoms with E-state index in [9.17, 15) is 0 Å². The van der Waals surface area contributed by atoms with Gasteiger partial charge in [0, 0.05) is 16.7 Å². The zero-order valence-corrected chi connectivity index (χ0v) is 7.18. The molecule has 0 saturated heterocycles. The van der Waals surface area contributed by atoms with Gasteiger partial charge < -0.3 is 4.98 Å². The summed E-state index contributed by atoms with van der Waals surface area (Å²) in [5.74, 6) is 0. The predicted octanol–water partition coefficient (Wildman–Crippen LogP) is 3.38. The van der Waals surface area contributed by atoms with Gasteiger partial charge in [-0.05, 0) is 23.6 Å². The first kappa shape index (κ1) is 7.44. The molecular weight excluding hydrogens is 170 g/mol. The summed E-state index contributed by atoms with van der Waals surface area (Å²) < 4.78 is 0. The minimum atomic E-state index is 1.03. The Kier molecular flexibility index (Phi) is 1.88. The topological polar surface area (TPSA) is 15.8 Å². The smallest absolute Gasteiger partial charge is 0.0458 e. The monoisotopic (exact) mass is 177 g/mol. The van der Waals surface area contributed by atoms with Crippen LogP contribution in [0.2, 0.25) is 0 Å². The molecule has 0 aliphatic heterocycles. The van der Waals surface area contributed by atoms with Crippen LogP contribution in [0.15, 0.2) is 35.9 Å². The predicted molar refractivity (Wildman–Crippen MR) is 53.2 cm³/mol. The standard InChI is InChI=1S/C10H8ClN/c11-6-5-9-7-8-3-1-2-4-10(8)12-9/h1-7,12H. The largest absolute Gasteiger partial charge is 0.355 e. The van der Waals surface area contributed by atoms with E-state index in [1.807, 2.05) is 24.3 Å². The van der Waals surface area contributed by atoms with Crippen molar-refractivity contribution in [2.75, 3.05) is 0 Å². The van der Waals surface area contributed by atoms with Gasteiger partial charge in [-0.3, -0.25) is 0 Å². The van der Waals surface area contributed by atoms with Crippen LogP contribution >= 0.6 is 11.6 Å². The molecule has 0 aliphatic carbocycles. The maximum atomic E-state index is 5.46. The van der Waals surface area contributed by atoms with Crippen LogP contribution in [0.1, 0.15) is 5.69 Å². The summed E-state index contributed by atoms with van der Waals surface area (Å²) in [6.45, 7) is 0. The lowest BCUT2D eigenvalue weighted by Crippen LogP contribution is -1.66. The molecule has 0 radical (unpaired) electrons. The van der Waals surface area contributed by atoms with E-state index in [4.69, 9.17) is 11.6 Å². The molecule has 0 spiro atoms. The van der Waals surface area contributed by atoms with Gasteiger partial charge in [0.15, 0.2) is 0 Å². The molecule has 1 nitrogen and oxygen atoms in total. The highest BCUT2D eigenvalue weighted by atomic mass is 35.5. The summed E-state index contributed by atoms with van der Waals surface area (Å²) in [6.07, 6.45) is 1.83. The van der Waals surface area contributed by atoms with Crippen molar-refractivity contribution in [1.29, 1.82) is 0 Å². The number of aromatic nitrogens is 1. The van der Waals surface area contributed by atoms with Crippen molar-refractivity contribution in [3.63, 3.8) is 0 Å². The molecule has 1 aromatic heterocycles. The van der Waals surface area contributed by atoms with Crippen LogP contribution in [0.4, 0.5) is 0 Å². The Balaban J connectivity index is 2.62. The van der Waals surface area contributed by atoms with Crippen molar-refractivity contribution in [2.45, 2.75) is 0 Å². The molecule has 0 unspecified atom stereocenters. The normalized spacial score (nSPS) is 11.4. The van der Waals surface area contributed by atoms with Crippen LogP contribution in [0.3, 0.4) is 0 Å². The van der Waals surface area contributed by atoms with E-state index in [-0.39, 0.29) is 0 Å². The lowest BCUT2D eigenvalue weighted by Gasteiger charge is -1.83. The molecule has 1 N–H and O–H groups in total. The highest BCUT2D eigenvalue weighted by Gasteiger charge is 1.94. The second-order valence-corrected chi connectivity index (χ2v) is 2.86. The molecular formula is C10H8ClN. The molecule has 2 aromatic rings. The van der Waals surface area contributed by atoms with E-state index in [0.29, 0.717) is 0 Å². The van der Waals surface area contributed by atoms with Gasteiger partial charge in [-0.25, -0.2) is 0 Å². The summed E-state index contributed by atoms with van der Waals surface area (Å²) >= 11 is 5.46. The molecule has 2 rings (SSSR count). The number of hydrogen-bond donors (Lipinski definition) is 1. The number of fused-ring (bicyclic) bond motifs is 1. The Labute approximate surface area is 75.7 Å². The van der Waals surface area contributed by atoms with Crippen LogP contribution in [-0.2, 0) is 0 Å². The zero-order chi connectivity index (χ0) is 8.39. The minimum Gasteiger partial charge on any atom is -0.355 e. The molecule has 1 heterocycles. The molecule has 0 saturated carbocycles. The summed E-state index contributed by atoms with van der Waals surface area (Å²) in [7, 11) is 0. The first-order valence-corrected chi connectivity index (χ1v) is 4.18. The zero-order valence-electron chi connectivity index (χ0n) is 6.42. The SMILES string of the molecule is ClC=Cc1cc2ccccc2[nH]1. The van der Waals surface area contributed by atoms with Crippen LogP contribution in [-0.4, -0.2) is 4.98 Å². The second-order valence-electron chi connectivity index (χ2n) is 2.60. The molecule has 0 fully saturated rings. The molecule has 2 heteroatoms. The third-order valence-corrected chi connectivity index (χ3v) is 1.92. The fourth-order valence-electron chi connectivity index (χ4n) is 1.25. The molecule has 0 amide bonds. The van der Waals surface area contributed by atoms with Crippen molar-refractivity contribution in [3.05, 3.63) is 41.6 Å². The van der Waals surface area contributed by atoms with Crippen LogP contribution in [0, 0.1) is 0 Å². The Bertz CT molecular complexity index is 381. The van der Waals surface area contributed by atoms with Gasteiger partial charge in [-0.15, -0.1) is 0 Å².